The molecule has 0 amide bonds. The van der Waals surface area contributed by atoms with Crippen molar-refractivity contribution in [3.63, 3.8) is 0 Å². The number of hydrogen-bond donors (Lipinski definition) is 0. The van der Waals surface area contributed by atoms with Gasteiger partial charge < -0.3 is 0 Å². The van der Waals surface area contributed by atoms with Crippen LogP contribution in [-0.4, -0.2) is 0 Å². The first-order chi connectivity index (χ1) is 17.5. The molecule has 0 saturated carbocycles. The fourth-order valence-electron chi connectivity index (χ4n) is 3.56. The molecule has 0 fully saturated rings. The first-order valence-corrected chi connectivity index (χ1v) is 12.5. The fraction of sp³-hybridized carbons (Fsp3) is 0.0323. The minimum atomic E-state index is -4.61. The van der Waals surface area contributed by atoms with E-state index in [-0.39, 0.29) is 51.2 Å². The minimum Gasteiger partial charge on any atom is -0.214 e. The summed E-state index contributed by atoms with van der Waals surface area (Å²) >= 11 is 0. The zero-order valence-corrected chi connectivity index (χ0v) is 24.7. The van der Waals surface area contributed by atoms with Crippen LogP contribution in [0.5, 0.6) is 0 Å². The van der Waals surface area contributed by atoms with Gasteiger partial charge >= 0.3 is 51.2 Å². The second-order valence-electron chi connectivity index (χ2n) is 7.54. The Balaban J connectivity index is 0.000000653. The van der Waals surface area contributed by atoms with Crippen molar-refractivity contribution in [1.82, 2.24) is 0 Å². The van der Waals surface area contributed by atoms with Gasteiger partial charge in [-0.25, -0.2) is 72.8 Å². The second-order valence-corrected chi connectivity index (χ2v) is 8.45. The van der Waals surface area contributed by atoms with E-state index in [1.54, 1.807) is 72.8 Å². The van der Waals surface area contributed by atoms with E-state index in [0.29, 0.717) is 16.7 Å². The van der Waals surface area contributed by atoms with Crippen LogP contribution in [0, 0.1) is 10.2 Å². The van der Waals surface area contributed by atoms with Crippen LogP contribution in [0.15, 0.2) is 164 Å². The van der Waals surface area contributed by atoms with E-state index in [1.165, 1.54) is 0 Å². The number of rotatable bonds is 5. The van der Waals surface area contributed by atoms with Crippen molar-refractivity contribution < 1.29 is 79.7 Å². The average Bonchev–Trinajstić information content (AvgIpc) is 3.78. The normalized spacial score (nSPS) is 9.92. The molecule has 0 heterocycles. The zero-order valence-electron chi connectivity index (χ0n) is 20.7. The predicted molar refractivity (Wildman–Crippen MR) is 133 cm³/mol. The molecule has 0 atom stereocenters. The largest absolute Gasteiger partial charge is 2.00 e. The quantitative estimate of drug-likeness (QED) is 0.204. The summed E-state index contributed by atoms with van der Waals surface area (Å²) in [7, 11) is -4.61. The van der Waals surface area contributed by atoms with E-state index >= 15 is 0 Å². The molecule has 0 spiro atoms. The molecule has 6 aromatic rings. The number of hydrogen-bond acceptors (Lipinski definition) is 4. The summed E-state index contributed by atoms with van der Waals surface area (Å²) < 4.78 is 39.0. The summed E-state index contributed by atoms with van der Waals surface area (Å²) in [6, 6.07) is 51.0. The summed E-state index contributed by atoms with van der Waals surface area (Å²) in [6.07, 6.45) is 0. The van der Waals surface area contributed by atoms with E-state index in [2.05, 4.69) is 0 Å². The summed E-state index contributed by atoms with van der Waals surface area (Å²) in [6.45, 7) is 0. The van der Waals surface area contributed by atoms with Crippen molar-refractivity contribution in [2.24, 2.45) is 0 Å². The Morgan fingerprint density at radius 3 is 0.821 bits per heavy atom. The van der Waals surface area contributed by atoms with Gasteiger partial charge in [-0.2, -0.15) is 105 Å². The molecule has 0 unspecified atom stereocenters. The van der Waals surface area contributed by atoms with Gasteiger partial charge in [0.05, 0.1) is 14.5 Å². The van der Waals surface area contributed by atoms with Crippen LogP contribution >= 0.6 is 0 Å². The zero-order chi connectivity index (χ0) is 25.5. The monoisotopic (exact) mass is 666 g/mol. The smallest absolute Gasteiger partial charge is 0.214 e. The van der Waals surface area contributed by atoms with Gasteiger partial charge in [-0.15, -0.1) is 16.7 Å². The molecule has 0 aliphatic carbocycles. The van der Waals surface area contributed by atoms with Crippen molar-refractivity contribution >= 4 is 0 Å². The first kappa shape index (κ1) is 36.8. The summed E-state index contributed by atoms with van der Waals surface area (Å²) in [5.74, 6) is 0. The molecule has 0 N–H and O–H groups in total. The Kier molecular flexibility index (Phi) is 18.7. The molecule has 0 bridgehead atoms. The molecule has 0 aromatic heterocycles. The second kappa shape index (κ2) is 19.8. The molecule has 0 aliphatic rings. The van der Waals surface area contributed by atoms with Crippen LogP contribution in [0.3, 0.4) is 0 Å². The molecule has 0 saturated heterocycles. The molecular formula is C31H27ClFe3O4. The molecule has 0 aliphatic heterocycles. The third-order valence-electron chi connectivity index (χ3n) is 5.08. The van der Waals surface area contributed by atoms with Crippen molar-refractivity contribution in [2.75, 3.05) is 0 Å². The number of halogens is 1. The van der Waals surface area contributed by atoms with Crippen LogP contribution in [0.2, 0.25) is 0 Å². The fourth-order valence-corrected chi connectivity index (χ4v) is 4.11. The summed E-state index contributed by atoms with van der Waals surface area (Å²) in [5.41, 5.74) is 0.309. The summed E-state index contributed by atoms with van der Waals surface area (Å²) in [5, 5.41) is 0. The topological polar surface area (TPSA) is 78.4 Å². The standard InChI is InChI=1S/C16H12ClO4.3C5H5.3Fe/c18-17(19,20)21-16(13-7-1-2-8-13,14-9-3-4-10-14)15-11-5-6-12-15;3*1-2-4-5-3-1;;;/h1-12H;3*1-5H;;;/q-3;3*-1;3*+2. The Morgan fingerprint density at radius 1 is 0.436 bits per heavy atom. The van der Waals surface area contributed by atoms with E-state index in [9.17, 15) is 14.0 Å². The maximum absolute atomic E-state index is 11.3. The first-order valence-electron chi connectivity index (χ1n) is 11.3. The van der Waals surface area contributed by atoms with Gasteiger partial charge in [-0.05, 0) is 0 Å². The van der Waals surface area contributed by atoms with Crippen LogP contribution in [-0.2, 0) is 61.1 Å². The van der Waals surface area contributed by atoms with Gasteiger partial charge in [0.15, 0.2) is 5.60 Å². The van der Waals surface area contributed by atoms with Crippen molar-refractivity contribution in [1.29, 1.82) is 0 Å². The maximum atomic E-state index is 11.3. The molecule has 6 aromatic carbocycles. The van der Waals surface area contributed by atoms with Crippen LogP contribution in [0.1, 0.15) is 16.7 Å². The van der Waals surface area contributed by atoms with E-state index in [1.807, 2.05) is 91.0 Å². The molecule has 8 heteroatoms. The minimum absolute atomic E-state index is 0. The van der Waals surface area contributed by atoms with E-state index in [0.717, 1.165) is 0 Å². The van der Waals surface area contributed by atoms with Crippen LogP contribution in [0.25, 0.3) is 0 Å². The Hall–Kier alpha value is -2.21. The van der Waals surface area contributed by atoms with Gasteiger partial charge in [-0.1, -0.05) is 0 Å². The molecule has 206 valence electrons. The van der Waals surface area contributed by atoms with E-state index in [4.69, 9.17) is 4.29 Å². The Bertz CT molecular complexity index is 1020. The van der Waals surface area contributed by atoms with Crippen molar-refractivity contribution in [3.05, 3.63) is 180 Å². The van der Waals surface area contributed by atoms with Gasteiger partial charge in [0.25, 0.3) is 0 Å². The molecule has 0 radical (unpaired) electrons. The molecule has 4 nitrogen and oxygen atoms in total. The van der Waals surface area contributed by atoms with Gasteiger partial charge in [-0.3, -0.25) is 0 Å². The van der Waals surface area contributed by atoms with Crippen LogP contribution < -0.4 is 14.0 Å². The molecule has 6 rings (SSSR count). The predicted octanol–water partition coefficient (Wildman–Crippen LogP) is 4.26. The third kappa shape index (κ3) is 12.2. The average molecular weight is 667 g/mol. The van der Waals surface area contributed by atoms with Crippen molar-refractivity contribution in [2.45, 2.75) is 5.60 Å². The Labute approximate surface area is 264 Å². The molecular weight excluding hydrogens is 639 g/mol. The SMILES string of the molecule is [Fe+2].[Fe+2].[Fe+2].[O-][Cl+3]([O-])([O-])OC([c-]1cccc1)([c-]1cccc1)[c-]1cccc1.c1cc[cH-]c1.c1cc[cH-]c1.c1cc[cH-]c1. The van der Waals surface area contributed by atoms with Gasteiger partial charge in [0, 0.05) is 0 Å². The molecule has 39 heavy (non-hydrogen) atoms. The van der Waals surface area contributed by atoms with E-state index < -0.39 is 15.8 Å². The third-order valence-corrected chi connectivity index (χ3v) is 5.50. The summed E-state index contributed by atoms with van der Waals surface area (Å²) in [4.78, 5) is 0. The Morgan fingerprint density at radius 2 is 0.667 bits per heavy atom. The van der Waals surface area contributed by atoms with Crippen LogP contribution in [0.4, 0.5) is 0 Å². The van der Waals surface area contributed by atoms with Crippen molar-refractivity contribution in [3.8, 4) is 0 Å². The van der Waals surface area contributed by atoms with Gasteiger partial charge in [0.1, 0.15) is 0 Å². The van der Waals surface area contributed by atoms with Gasteiger partial charge in [0.2, 0.25) is 0 Å². The maximum Gasteiger partial charge on any atom is 2.00 e.